The summed E-state index contributed by atoms with van der Waals surface area (Å²) >= 11 is 0. The number of hydrogen-bond donors (Lipinski definition) is 2. The summed E-state index contributed by atoms with van der Waals surface area (Å²) in [6.07, 6.45) is 4.74. The molecule has 2 N–H and O–H groups in total. The largest absolute Gasteiger partial charge is 0.381 e. The summed E-state index contributed by atoms with van der Waals surface area (Å²) in [4.78, 5) is 7.40. The molecule has 2 aliphatic rings. The van der Waals surface area contributed by atoms with Crippen molar-refractivity contribution < 1.29 is 9.47 Å². The van der Waals surface area contributed by atoms with E-state index >= 15 is 0 Å². The van der Waals surface area contributed by atoms with Crippen LogP contribution in [-0.4, -0.2) is 76.1 Å². The molecule has 27 heavy (non-hydrogen) atoms. The average Bonchev–Trinajstić information content (AvgIpc) is 3.16. The average molecular weight is 496 g/mol. The number of rotatable bonds is 10. The lowest BCUT2D eigenvalue weighted by Crippen LogP contribution is -2.42. The van der Waals surface area contributed by atoms with Gasteiger partial charge in [0.15, 0.2) is 5.96 Å². The summed E-state index contributed by atoms with van der Waals surface area (Å²) in [5.74, 6) is 2.22. The van der Waals surface area contributed by atoms with Crippen LogP contribution >= 0.6 is 24.0 Å². The number of piperidine rings is 1. The van der Waals surface area contributed by atoms with Crippen molar-refractivity contribution in [3.63, 3.8) is 0 Å². The molecule has 0 radical (unpaired) electrons. The molecular weight excluding hydrogens is 455 g/mol. The number of ether oxygens (including phenoxy) is 2. The molecule has 7 heteroatoms. The van der Waals surface area contributed by atoms with Gasteiger partial charge in [-0.15, -0.1) is 24.0 Å². The lowest BCUT2D eigenvalue weighted by atomic mass is 9.97. The Balaban J connectivity index is 0.00000364. The van der Waals surface area contributed by atoms with Crippen LogP contribution in [0.25, 0.3) is 0 Å². The van der Waals surface area contributed by atoms with Crippen molar-refractivity contribution in [2.75, 3.05) is 59.2 Å². The van der Waals surface area contributed by atoms with Crippen LogP contribution in [0, 0.1) is 11.8 Å². The Hall–Kier alpha value is -0.120. The third-order valence-corrected chi connectivity index (χ3v) is 5.27. The van der Waals surface area contributed by atoms with E-state index in [2.05, 4.69) is 36.3 Å². The van der Waals surface area contributed by atoms with E-state index < -0.39 is 0 Å². The molecule has 0 aromatic heterocycles. The Kier molecular flexibility index (Phi) is 13.7. The molecule has 6 nitrogen and oxygen atoms in total. The van der Waals surface area contributed by atoms with E-state index in [1.54, 1.807) is 0 Å². The molecule has 2 rings (SSSR count). The maximum absolute atomic E-state index is 5.76. The van der Waals surface area contributed by atoms with Crippen molar-refractivity contribution in [1.29, 1.82) is 0 Å². The molecule has 0 spiro atoms. The summed E-state index contributed by atoms with van der Waals surface area (Å²) < 4.78 is 11.1. The zero-order valence-electron chi connectivity index (χ0n) is 17.5. The van der Waals surface area contributed by atoms with Gasteiger partial charge < -0.3 is 25.0 Å². The lowest BCUT2D eigenvalue weighted by molar-refractivity contribution is 0.0888. The molecule has 0 bridgehead atoms. The number of halogens is 1. The summed E-state index contributed by atoms with van der Waals surface area (Å²) in [6, 6.07) is 0.643. The van der Waals surface area contributed by atoms with Crippen LogP contribution in [-0.2, 0) is 9.47 Å². The molecule has 2 heterocycles. The predicted octanol–water partition coefficient (Wildman–Crippen LogP) is 2.72. The van der Waals surface area contributed by atoms with Crippen molar-refractivity contribution in [2.24, 2.45) is 16.8 Å². The first-order valence-electron chi connectivity index (χ1n) is 10.6. The first-order valence-corrected chi connectivity index (χ1v) is 10.6. The molecular formula is C20H41IN4O2. The van der Waals surface area contributed by atoms with Crippen LogP contribution in [0.1, 0.15) is 46.5 Å². The van der Waals surface area contributed by atoms with Gasteiger partial charge in [-0.25, -0.2) is 0 Å². The Morgan fingerprint density at radius 3 is 2.81 bits per heavy atom. The van der Waals surface area contributed by atoms with E-state index in [4.69, 9.17) is 14.5 Å². The maximum Gasteiger partial charge on any atom is 0.191 e. The van der Waals surface area contributed by atoms with Crippen molar-refractivity contribution in [1.82, 2.24) is 15.5 Å². The minimum atomic E-state index is 0. The SMILES string of the molecule is CCNC(=NCC1CCCN(C(C)C)C1)NCCCOCC1CCOC1.I. The molecule has 2 aliphatic heterocycles. The fourth-order valence-corrected chi connectivity index (χ4v) is 3.62. The summed E-state index contributed by atoms with van der Waals surface area (Å²) in [5.41, 5.74) is 0. The smallest absolute Gasteiger partial charge is 0.191 e. The zero-order valence-corrected chi connectivity index (χ0v) is 19.9. The second kappa shape index (κ2) is 14.8. The second-order valence-corrected chi connectivity index (χ2v) is 7.90. The molecule has 2 atom stereocenters. The van der Waals surface area contributed by atoms with Crippen molar-refractivity contribution in [2.45, 2.75) is 52.5 Å². The van der Waals surface area contributed by atoms with Crippen molar-refractivity contribution >= 4 is 29.9 Å². The Labute approximate surface area is 183 Å². The van der Waals surface area contributed by atoms with Gasteiger partial charge in [-0.2, -0.15) is 0 Å². The van der Waals surface area contributed by atoms with Gasteiger partial charge in [-0.05, 0) is 58.9 Å². The number of aliphatic imine (C=N–C) groups is 1. The second-order valence-electron chi connectivity index (χ2n) is 7.90. The van der Waals surface area contributed by atoms with Crippen LogP contribution < -0.4 is 10.6 Å². The highest BCUT2D eigenvalue weighted by Gasteiger charge is 2.21. The minimum absolute atomic E-state index is 0. The minimum Gasteiger partial charge on any atom is -0.381 e. The number of likely N-dealkylation sites (tertiary alicyclic amines) is 1. The van der Waals surface area contributed by atoms with Crippen molar-refractivity contribution in [3.05, 3.63) is 0 Å². The van der Waals surface area contributed by atoms with Crippen LogP contribution in [0.2, 0.25) is 0 Å². The Bertz CT molecular complexity index is 403. The fourth-order valence-electron chi connectivity index (χ4n) is 3.62. The number of guanidine groups is 1. The molecule has 160 valence electrons. The zero-order chi connectivity index (χ0) is 18.6. The summed E-state index contributed by atoms with van der Waals surface area (Å²) in [5, 5.41) is 6.80. The van der Waals surface area contributed by atoms with Gasteiger partial charge in [-0.3, -0.25) is 4.99 Å². The van der Waals surface area contributed by atoms with Crippen LogP contribution in [0.4, 0.5) is 0 Å². The van der Waals surface area contributed by atoms with E-state index in [9.17, 15) is 0 Å². The lowest BCUT2D eigenvalue weighted by Gasteiger charge is -2.34. The Morgan fingerprint density at radius 1 is 1.26 bits per heavy atom. The van der Waals surface area contributed by atoms with Gasteiger partial charge in [-0.1, -0.05) is 0 Å². The maximum atomic E-state index is 5.76. The fraction of sp³-hybridized carbons (Fsp3) is 0.950. The highest BCUT2D eigenvalue weighted by Crippen LogP contribution is 2.18. The molecule has 0 aliphatic carbocycles. The van der Waals surface area contributed by atoms with E-state index in [1.807, 2.05) is 0 Å². The molecule has 0 saturated carbocycles. The van der Waals surface area contributed by atoms with E-state index in [0.717, 1.165) is 64.9 Å². The van der Waals surface area contributed by atoms with Gasteiger partial charge in [0.25, 0.3) is 0 Å². The van der Waals surface area contributed by atoms with Gasteiger partial charge in [0, 0.05) is 51.4 Å². The van der Waals surface area contributed by atoms with Gasteiger partial charge in [0.2, 0.25) is 0 Å². The summed E-state index contributed by atoms with van der Waals surface area (Å²) in [6.45, 7) is 15.2. The summed E-state index contributed by atoms with van der Waals surface area (Å²) in [7, 11) is 0. The molecule has 0 aromatic carbocycles. The standard InChI is InChI=1S/C20H40N4O2.HI/c1-4-21-20(22-9-6-11-25-15-19-8-12-26-16-19)23-13-18-7-5-10-24(14-18)17(2)3;/h17-19H,4-16H2,1-3H3,(H2,21,22,23);1H. The quantitative estimate of drug-likeness (QED) is 0.211. The van der Waals surface area contributed by atoms with Gasteiger partial charge in [0.1, 0.15) is 0 Å². The third kappa shape index (κ3) is 10.3. The number of hydrogen-bond acceptors (Lipinski definition) is 4. The first kappa shape index (κ1) is 24.9. The number of nitrogens with zero attached hydrogens (tertiary/aromatic N) is 2. The molecule has 0 amide bonds. The van der Waals surface area contributed by atoms with Crippen LogP contribution in [0.3, 0.4) is 0 Å². The molecule has 0 aromatic rings. The third-order valence-electron chi connectivity index (χ3n) is 5.27. The van der Waals surface area contributed by atoms with Crippen LogP contribution in [0.5, 0.6) is 0 Å². The highest BCUT2D eigenvalue weighted by molar-refractivity contribution is 14.0. The van der Waals surface area contributed by atoms with E-state index in [0.29, 0.717) is 17.9 Å². The monoisotopic (exact) mass is 496 g/mol. The normalized spacial score (nSPS) is 24.1. The molecule has 2 unspecified atom stereocenters. The van der Waals surface area contributed by atoms with Crippen molar-refractivity contribution in [3.8, 4) is 0 Å². The highest BCUT2D eigenvalue weighted by atomic mass is 127. The van der Waals surface area contributed by atoms with Gasteiger partial charge >= 0.3 is 0 Å². The Morgan fingerprint density at radius 2 is 2.11 bits per heavy atom. The topological polar surface area (TPSA) is 58.1 Å². The molecule has 2 fully saturated rings. The number of nitrogens with one attached hydrogen (secondary N) is 2. The van der Waals surface area contributed by atoms with Crippen LogP contribution in [0.15, 0.2) is 4.99 Å². The van der Waals surface area contributed by atoms with E-state index in [-0.39, 0.29) is 24.0 Å². The van der Waals surface area contributed by atoms with E-state index in [1.165, 1.54) is 25.9 Å². The predicted molar refractivity (Wildman–Crippen MR) is 123 cm³/mol. The molecule has 2 saturated heterocycles. The first-order chi connectivity index (χ1) is 12.7. The van der Waals surface area contributed by atoms with Gasteiger partial charge in [0.05, 0.1) is 13.2 Å².